The Labute approximate surface area is 178 Å². The number of benzene rings is 2. The SMILES string of the molecule is CC(C)NC(=O)COc1cc2ccccc2cc1C(=O)NC(C)C1CC2CCC1C2. The number of nitrogens with one attached hydrogen (secondary N) is 2. The van der Waals surface area contributed by atoms with Gasteiger partial charge in [0.1, 0.15) is 5.75 Å². The van der Waals surface area contributed by atoms with Crippen LogP contribution in [-0.2, 0) is 4.79 Å². The number of amides is 2. The number of rotatable bonds is 7. The molecule has 160 valence electrons. The van der Waals surface area contributed by atoms with Gasteiger partial charge in [-0.25, -0.2) is 0 Å². The number of hydrogen-bond donors (Lipinski definition) is 2. The molecule has 0 heterocycles. The molecular weight excluding hydrogens is 376 g/mol. The third-order valence-electron chi connectivity index (χ3n) is 6.69. The summed E-state index contributed by atoms with van der Waals surface area (Å²) in [7, 11) is 0. The van der Waals surface area contributed by atoms with E-state index >= 15 is 0 Å². The van der Waals surface area contributed by atoms with E-state index in [0.717, 1.165) is 22.6 Å². The Kier molecular flexibility index (Phi) is 5.98. The summed E-state index contributed by atoms with van der Waals surface area (Å²) >= 11 is 0. The Morgan fingerprint density at radius 3 is 2.40 bits per heavy atom. The van der Waals surface area contributed by atoms with Gasteiger partial charge in [-0.15, -0.1) is 0 Å². The number of fused-ring (bicyclic) bond motifs is 3. The van der Waals surface area contributed by atoms with Gasteiger partial charge in [-0.3, -0.25) is 9.59 Å². The smallest absolute Gasteiger partial charge is 0.258 e. The summed E-state index contributed by atoms with van der Waals surface area (Å²) in [5.41, 5.74) is 0.487. The molecule has 0 spiro atoms. The lowest BCUT2D eigenvalue weighted by atomic mass is 9.84. The maximum absolute atomic E-state index is 13.2. The quantitative estimate of drug-likeness (QED) is 0.718. The van der Waals surface area contributed by atoms with E-state index < -0.39 is 0 Å². The van der Waals surface area contributed by atoms with E-state index in [0.29, 0.717) is 17.2 Å². The topological polar surface area (TPSA) is 67.4 Å². The number of carbonyl (C=O) groups is 2. The van der Waals surface area contributed by atoms with Crippen molar-refractivity contribution >= 4 is 22.6 Å². The van der Waals surface area contributed by atoms with E-state index in [2.05, 4.69) is 17.6 Å². The van der Waals surface area contributed by atoms with Gasteiger partial charge < -0.3 is 15.4 Å². The first kappa shape index (κ1) is 20.7. The van der Waals surface area contributed by atoms with Crippen molar-refractivity contribution in [3.8, 4) is 5.75 Å². The van der Waals surface area contributed by atoms with Crippen molar-refractivity contribution in [3.63, 3.8) is 0 Å². The van der Waals surface area contributed by atoms with Gasteiger partial charge in [0.25, 0.3) is 11.8 Å². The molecular formula is C25H32N2O3. The maximum Gasteiger partial charge on any atom is 0.258 e. The minimum Gasteiger partial charge on any atom is -0.483 e. The molecule has 0 aliphatic heterocycles. The van der Waals surface area contributed by atoms with Crippen LogP contribution in [0.25, 0.3) is 10.8 Å². The first-order valence-electron chi connectivity index (χ1n) is 11.2. The fraction of sp³-hybridized carbons (Fsp3) is 0.520. The zero-order chi connectivity index (χ0) is 21.3. The summed E-state index contributed by atoms with van der Waals surface area (Å²) in [5, 5.41) is 8.01. The first-order valence-corrected chi connectivity index (χ1v) is 11.2. The minimum atomic E-state index is -0.195. The van der Waals surface area contributed by atoms with Gasteiger partial charge in [0, 0.05) is 12.1 Å². The van der Waals surface area contributed by atoms with Crippen LogP contribution in [0.2, 0.25) is 0 Å². The van der Waals surface area contributed by atoms with Crippen LogP contribution in [0.3, 0.4) is 0 Å². The van der Waals surface area contributed by atoms with Gasteiger partial charge in [-0.1, -0.05) is 30.7 Å². The summed E-state index contributed by atoms with van der Waals surface area (Å²) in [4.78, 5) is 25.3. The van der Waals surface area contributed by atoms with Crippen LogP contribution in [0.4, 0.5) is 0 Å². The van der Waals surface area contributed by atoms with Crippen molar-refractivity contribution in [1.82, 2.24) is 10.6 Å². The summed E-state index contributed by atoms with van der Waals surface area (Å²) in [6.07, 6.45) is 5.19. The minimum absolute atomic E-state index is 0.0445. The zero-order valence-electron chi connectivity index (χ0n) is 18.1. The van der Waals surface area contributed by atoms with E-state index in [1.807, 2.05) is 50.2 Å². The second-order valence-corrected chi connectivity index (χ2v) is 9.31. The summed E-state index contributed by atoms with van der Waals surface area (Å²) in [6.45, 7) is 5.83. The molecule has 5 nitrogen and oxygen atoms in total. The van der Waals surface area contributed by atoms with E-state index in [-0.39, 0.29) is 30.5 Å². The second kappa shape index (κ2) is 8.66. The monoisotopic (exact) mass is 408 g/mol. The molecule has 2 aliphatic rings. The van der Waals surface area contributed by atoms with Gasteiger partial charge in [0.15, 0.2) is 6.61 Å². The highest BCUT2D eigenvalue weighted by atomic mass is 16.5. The van der Waals surface area contributed by atoms with E-state index in [9.17, 15) is 9.59 Å². The lowest BCUT2D eigenvalue weighted by molar-refractivity contribution is -0.123. The molecule has 4 rings (SSSR count). The number of hydrogen-bond acceptors (Lipinski definition) is 3. The predicted molar refractivity (Wildman–Crippen MR) is 119 cm³/mol. The Hall–Kier alpha value is -2.56. The molecule has 4 unspecified atom stereocenters. The van der Waals surface area contributed by atoms with Crippen LogP contribution in [0.5, 0.6) is 5.75 Å². The molecule has 2 fully saturated rings. The molecule has 2 amide bonds. The Balaban J connectivity index is 1.53. The van der Waals surface area contributed by atoms with Crippen LogP contribution in [-0.4, -0.2) is 30.5 Å². The molecule has 30 heavy (non-hydrogen) atoms. The molecule has 4 atom stereocenters. The van der Waals surface area contributed by atoms with Crippen LogP contribution in [0.15, 0.2) is 36.4 Å². The van der Waals surface area contributed by atoms with Gasteiger partial charge in [0.2, 0.25) is 0 Å². The first-order chi connectivity index (χ1) is 14.4. The largest absolute Gasteiger partial charge is 0.483 e. The third kappa shape index (κ3) is 4.45. The van der Waals surface area contributed by atoms with Crippen LogP contribution in [0, 0.1) is 17.8 Å². The average molecular weight is 409 g/mol. The molecule has 2 aliphatic carbocycles. The zero-order valence-corrected chi connectivity index (χ0v) is 18.1. The van der Waals surface area contributed by atoms with Gasteiger partial charge >= 0.3 is 0 Å². The molecule has 0 radical (unpaired) electrons. The highest BCUT2D eigenvalue weighted by Gasteiger charge is 2.42. The summed E-state index contributed by atoms with van der Waals surface area (Å²) < 4.78 is 5.81. The van der Waals surface area contributed by atoms with Gasteiger partial charge in [-0.05, 0) is 80.7 Å². The number of ether oxygens (including phenoxy) is 1. The average Bonchev–Trinajstić information content (AvgIpc) is 3.34. The van der Waals surface area contributed by atoms with Crippen molar-refractivity contribution in [2.24, 2.45) is 17.8 Å². The molecule has 5 heteroatoms. The molecule has 0 saturated heterocycles. The standard InChI is InChI=1S/C25H32N2O3/c1-15(2)26-24(28)14-30-23-13-19-7-5-4-6-18(19)12-22(23)25(29)27-16(3)21-11-17-8-9-20(21)10-17/h4-7,12-13,15-17,20-21H,8-11,14H2,1-3H3,(H,26,28)(H,27,29). The molecule has 0 aromatic heterocycles. The highest BCUT2D eigenvalue weighted by molar-refractivity contribution is 6.01. The van der Waals surface area contributed by atoms with Crippen LogP contribution >= 0.6 is 0 Å². The van der Waals surface area contributed by atoms with Gasteiger partial charge in [0.05, 0.1) is 5.56 Å². The van der Waals surface area contributed by atoms with Crippen LogP contribution in [0.1, 0.15) is 56.8 Å². The Morgan fingerprint density at radius 2 is 1.77 bits per heavy atom. The lowest BCUT2D eigenvalue weighted by Gasteiger charge is -2.28. The predicted octanol–water partition coefficient (Wildman–Crippen LogP) is 4.30. The van der Waals surface area contributed by atoms with Crippen molar-refractivity contribution in [3.05, 3.63) is 42.0 Å². The van der Waals surface area contributed by atoms with E-state index in [4.69, 9.17) is 4.74 Å². The Morgan fingerprint density at radius 1 is 1.03 bits per heavy atom. The lowest BCUT2D eigenvalue weighted by Crippen LogP contribution is -2.40. The van der Waals surface area contributed by atoms with Gasteiger partial charge in [-0.2, -0.15) is 0 Å². The Bertz CT molecular complexity index is 939. The normalized spacial score (nSPS) is 23.5. The van der Waals surface area contributed by atoms with Crippen molar-refractivity contribution in [1.29, 1.82) is 0 Å². The third-order valence-corrected chi connectivity index (χ3v) is 6.69. The fourth-order valence-electron chi connectivity index (χ4n) is 5.32. The molecule has 2 N–H and O–H groups in total. The van der Waals surface area contributed by atoms with Crippen molar-refractivity contribution < 1.29 is 14.3 Å². The van der Waals surface area contributed by atoms with E-state index in [1.165, 1.54) is 25.7 Å². The molecule has 2 aromatic carbocycles. The van der Waals surface area contributed by atoms with Crippen LogP contribution < -0.4 is 15.4 Å². The van der Waals surface area contributed by atoms with E-state index in [1.54, 1.807) is 0 Å². The highest BCUT2D eigenvalue weighted by Crippen LogP contribution is 2.49. The second-order valence-electron chi connectivity index (χ2n) is 9.31. The summed E-state index contributed by atoms with van der Waals surface area (Å²) in [6, 6.07) is 11.8. The molecule has 2 saturated carbocycles. The van der Waals surface area contributed by atoms with Crippen molar-refractivity contribution in [2.75, 3.05) is 6.61 Å². The maximum atomic E-state index is 13.2. The molecule has 2 aromatic rings. The fourth-order valence-corrected chi connectivity index (χ4v) is 5.32. The number of carbonyl (C=O) groups excluding carboxylic acids is 2. The molecule has 2 bridgehead atoms. The van der Waals surface area contributed by atoms with Crippen molar-refractivity contribution in [2.45, 2.75) is 58.5 Å². The summed E-state index contributed by atoms with van der Waals surface area (Å²) in [5.74, 6) is 2.28.